The van der Waals surface area contributed by atoms with E-state index in [0.717, 1.165) is 41.5 Å². The van der Waals surface area contributed by atoms with E-state index in [1.807, 2.05) is 12.3 Å². The molecule has 0 saturated heterocycles. The molecule has 4 fully saturated rings. The zero-order valence-electron chi connectivity index (χ0n) is 14.7. The predicted molar refractivity (Wildman–Crippen MR) is 99.8 cm³/mol. The van der Waals surface area contributed by atoms with Crippen LogP contribution in [0.5, 0.6) is 0 Å². The number of nitrogens with zero attached hydrogens (tertiary/aromatic N) is 2. The van der Waals surface area contributed by atoms with Gasteiger partial charge in [0.05, 0.1) is 16.9 Å². The number of aromatic nitrogens is 2. The average molecular weight is 355 g/mol. The number of amidine groups is 1. The first kappa shape index (κ1) is 16.1. The van der Waals surface area contributed by atoms with E-state index in [-0.39, 0.29) is 12.6 Å². The molecule has 0 aromatic carbocycles. The molecule has 2 heterocycles. The largest absolute Gasteiger partial charge is 0.390 e. The number of nitrogens with two attached hydrogens (primary N) is 1. The van der Waals surface area contributed by atoms with Crippen LogP contribution in [0.2, 0.25) is 0 Å². The van der Waals surface area contributed by atoms with Crippen LogP contribution < -0.4 is 11.1 Å². The van der Waals surface area contributed by atoms with E-state index >= 15 is 0 Å². The first-order valence-corrected chi connectivity index (χ1v) is 9.42. The van der Waals surface area contributed by atoms with E-state index in [2.05, 4.69) is 20.3 Å². The van der Waals surface area contributed by atoms with Gasteiger partial charge in [0.15, 0.2) is 0 Å². The highest BCUT2D eigenvalue weighted by molar-refractivity contribution is 6.08. The number of aliphatic imine (C=N–C) groups is 1. The van der Waals surface area contributed by atoms with Gasteiger partial charge in [0.2, 0.25) is 0 Å². The number of aliphatic hydroxyl groups excluding tert-OH is 1. The summed E-state index contributed by atoms with van der Waals surface area (Å²) >= 11 is 0. The minimum atomic E-state index is -0.448. The maximum Gasteiger partial charge on any atom is 0.139 e. The number of fused-ring (bicyclic) bond motifs is 1. The normalized spacial score (nSPS) is 36.0. The molecule has 4 aliphatic rings. The van der Waals surface area contributed by atoms with Gasteiger partial charge in [-0.25, -0.2) is 9.98 Å². The molecule has 4 bridgehead atoms. The third kappa shape index (κ3) is 2.41. The zero-order chi connectivity index (χ0) is 17.9. The molecule has 4 saturated carbocycles. The third-order valence-electron chi connectivity index (χ3n) is 6.66. The number of rotatable bonds is 4. The number of pyridine rings is 1. The second-order valence-electron chi connectivity index (χ2n) is 8.34. The molecule has 2 aromatic heterocycles. The van der Waals surface area contributed by atoms with Crippen LogP contribution in [0, 0.1) is 17.8 Å². The van der Waals surface area contributed by atoms with Gasteiger partial charge in [-0.1, -0.05) is 0 Å². The predicted octanol–water partition coefficient (Wildman–Crippen LogP) is 1.57. The van der Waals surface area contributed by atoms with Crippen LogP contribution in [0.3, 0.4) is 0 Å². The maximum atomic E-state index is 10.8. The highest BCUT2D eigenvalue weighted by Gasteiger charge is 2.54. The maximum absolute atomic E-state index is 10.8. The third-order valence-corrected chi connectivity index (χ3v) is 6.66. The summed E-state index contributed by atoms with van der Waals surface area (Å²) in [6.45, 7) is -0.347. The van der Waals surface area contributed by atoms with Crippen LogP contribution in [0.1, 0.15) is 37.7 Å². The Morgan fingerprint density at radius 3 is 2.81 bits per heavy atom. The van der Waals surface area contributed by atoms with Gasteiger partial charge < -0.3 is 26.2 Å². The highest BCUT2D eigenvalue weighted by Crippen LogP contribution is 2.56. The van der Waals surface area contributed by atoms with E-state index in [0.29, 0.717) is 23.8 Å². The van der Waals surface area contributed by atoms with Crippen molar-refractivity contribution in [3.8, 4) is 0 Å². The Labute approximate surface area is 151 Å². The van der Waals surface area contributed by atoms with Crippen LogP contribution in [-0.2, 0) is 0 Å². The smallest absolute Gasteiger partial charge is 0.139 e. The minimum Gasteiger partial charge on any atom is -0.390 e. The van der Waals surface area contributed by atoms with Crippen molar-refractivity contribution >= 4 is 22.6 Å². The fourth-order valence-electron chi connectivity index (χ4n) is 5.90. The number of hydrogen-bond donors (Lipinski definition) is 5. The summed E-state index contributed by atoms with van der Waals surface area (Å²) in [4.78, 5) is 11.5. The summed E-state index contributed by atoms with van der Waals surface area (Å²) in [5, 5.41) is 24.7. The molecule has 0 amide bonds. The molecule has 138 valence electrons. The van der Waals surface area contributed by atoms with Gasteiger partial charge >= 0.3 is 0 Å². The van der Waals surface area contributed by atoms with E-state index < -0.39 is 5.60 Å². The van der Waals surface area contributed by atoms with Crippen molar-refractivity contribution in [1.29, 1.82) is 0 Å². The van der Waals surface area contributed by atoms with Crippen molar-refractivity contribution in [2.75, 3.05) is 12.0 Å². The van der Waals surface area contributed by atoms with Crippen molar-refractivity contribution in [2.24, 2.45) is 28.5 Å². The monoisotopic (exact) mass is 355 g/mol. The lowest BCUT2D eigenvalue weighted by Crippen LogP contribution is -2.59. The Morgan fingerprint density at radius 2 is 2.12 bits per heavy atom. The Bertz CT molecular complexity index is 860. The summed E-state index contributed by atoms with van der Waals surface area (Å²) in [6, 6.07) is 2.32. The molecule has 4 aliphatic carbocycles. The molecule has 0 spiro atoms. The van der Waals surface area contributed by atoms with Gasteiger partial charge in [-0.05, 0) is 55.9 Å². The van der Waals surface area contributed by atoms with Gasteiger partial charge in [0.25, 0.3) is 0 Å². The molecular formula is C19H25N5O2. The Balaban J connectivity index is 1.54. The van der Waals surface area contributed by atoms with E-state index in [4.69, 9.17) is 10.8 Å². The molecular weight excluding hydrogens is 330 g/mol. The van der Waals surface area contributed by atoms with E-state index in [9.17, 15) is 5.11 Å². The number of aromatic amines is 1. The molecule has 7 heteroatoms. The second kappa shape index (κ2) is 5.69. The average Bonchev–Trinajstić information content (AvgIpc) is 3.05. The van der Waals surface area contributed by atoms with Crippen molar-refractivity contribution in [2.45, 2.75) is 43.7 Å². The molecule has 0 radical (unpaired) electrons. The molecule has 26 heavy (non-hydrogen) atoms. The molecule has 0 aliphatic heterocycles. The zero-order valence-corrected chi connectivity index (χ0v) is 14.7. The Hall–Kier alpha value is -2.12. The summed E-state index contributed by atoms with van der Waals surface area (Å²) in [5.41, 5.74) is 8.10. The Kier molecular flexibility index (Phi) is 3.52. The standard InChI is InChI=1S/C19H25N5O2/c20-17(23-9-25)14-8-22-18-13(1-2-21-18)16(14)24-15-11-3-10-4-12(15)7-19(26,5-10)6-11/h1-2,8,10-12,15,25-26H,3-7,9H2,(H2,20,23)(H2,21,22,24)/t10?,11-,12+,15?,19?. The van der Waals surface area contributed by atoms with Gasteiger partial charge in [-0.3, -0.25) is 0 Å². The van der Waals surface area contributed by atoms with E-state index in [1.165, 1.54) is 12.8 Å². The van der Waals surface area contributed by atoms with Crippen LogP contribution in [0.25, 0.3) is 11.0 Å². The highest BCUT2D eigenvalue weighted by atomic mass is 16.3. The van der Waals surface area contributed by atoms with Gasteiger partial charge in [-0.15, -0.1) is 0 Å². The summed E-state index contributed by atoms with van der Waals surface area (Å²) in [7, 11) is 0. The lowest BCUT2D eigenvalue weighted by Gasteiger charge is -2.58. The molecule has 6 rings (SSSR count). The van der Waals surface area contributed by atoms with Crippen molar-refractivity contribution in [1.82, 2.24) is 9.97 Å². The van der Waals surface area contributed by atoms with Gasteiger partial charge in [-0.2, -0.15) is 0 Å². The van der Waals surface area contributed by atoms with Crippen LogP contribution in [-0.4, -0.2) is 44.4 Å². The Morgan fingerprint density at radius 1 is 1.35 bits per heavy atom. The molecule has 3 unspecified atom stereocenters. The SMILES string of the molecule is N/C(=N\CO)c1cnc2[nH]ccc2c1NC1[C@@H]2CC3C[C@H]1CC(O)(C3)C2. The number of nitrogens with one attached hydrogen (secondary N) is 2. The number of anilines is 1. The van der Waals surface area contributed by atoms with Crippen LogP contribution in [0.15, 0.2) is 23.5 Å². The second-order valence-corrected chi connectivity index (χ2v) is 8.34. The fraction of sp³-hybridized carbons (Fsp3) is 0.579. The topological polar surface area (TPSA) is 120 Å². The van der Waals surface area contributed by atoms with Crippen molar-refractivity contribution in [3.05, 3.63) is 24.0 Å². The van der Waals surface area contributed by atoms with Crippen LogP contribution >= 0.6 is 0 Å². The van der Waals surface area contributed by atoms with Crippen molar-refractivity contribution < 1.29 is 10.2 Å². The molecule has 6 N–H and O–H groups in total. The van der Waals surface area contributed by atoms with Gasteiger partial charge in [0, 0.05) is 23.8 Å². The molecule has 5 atom stereocenters. The lowest BCUT2D eigenvalue weighted by molar-refractivity contribution is -0.129. The van der Waals surface area contributed by atoms with Gasteiger partial charge in [0.1, 0.15) is 18.2 Å². The molecule has 2 aromatic rings. The number of hydrogen-bond acceptors (Lipinski definition) is 5. The summed E-state index contributed by atoms with van der Waals surface area (Å²) in [6.07, 6.45) is 8.69. The number of H-pyrrole nitrogens is 1. The first-order chi connectivity index (χ1) is 12.6. The first-order valence-electron chi connectivity index (χ1n) is 9.42. The summed E-state index contributed by atoms with van der Waals surface area (Å²) in [5.74, 6) is 1.92. The van der Waals surface area contributed by atoms with Crippen molar-refractivity contribution in [3.63, 3.8) is 0 Å². The molecule has 7 nitrogen and oxygen atoms in total. The quantitative estimate of drug-likeness (QED) is 0.421. The van der Waals surface area contributed by atoms with E-state index in [1.54, 1.807) is 6.20 Å². The summed E-state index contributed by atoms with van der Waals surface area (Å²) < 4.78 is 0. The number of aliphatic hydroxyl groups is 2. The lowest BCUT2D eigenvalue weighted by atomic mass is 9.52. The van der Waals surface area contributed by atoms with Crippen LogP contribution in [0.4, 0.5) is 5.69 Å². The minimum absolute atomic E-state index is 0.285. The fourth-order valence-corrected chi connectivity index (χ4v) is 5.90.